The third kappa shape index (κ3) is 3.59. The van der Waals surface area contributed by atoms with Gasteiger partial charge >= 0.3 is 0 Å². The molecule has 0 saturated carbocycles. The van der Waals surface area contributed by atoms with Crippen LogP contribution >= 0.6 is 23.2 Å². The van der Waals surface area contributed by atoms with Gasteiger partial charge in [-0.2, -0.15) is 0 Å². The summed E-state index contributed by atoms with van der Waals surface area (Å²) in [7, 11) is 0. The Hall–Kier alpha value is -0.910. The van der Waals surface area contributed by atoms with Gasteiger partial charge in [0, 0.05) is 6.54 Å². The van der Waals surface area contributed by atoms with Gasteiger partial charge in [0.2, 0.25) is 0 Å². The second-order valence-corrected chi connectivity index (χ2v) is 3.89. The molecule has 88 valence electrons. The van der Waals surface area contributed by atoms with Crippen LogP contribution in [-0.2, 0) is 0 Å². The molecule has 5 nitrogen and oxygen atoms in total. The third-order valence-corrected chi connectivity index (χ3v) is 2.40. The summed E-state index contributed by atoms with van der Waals surface area (Å²) >= 11 is 11.3. The van der Waals surface area contributed by atoms with E-state index in [-0.39, 0.29) is 22.4 Å². The second-order valence-electron chi connectivity index (χ2n) is 3.14. The van der Waals surface area contributed by atoms with Gasteiger partial charge in [0.15, 0.2) is 10.3 Å². The maximum Gasteiger partial charge on any atom is 0.254 e. The molecule has 0 aliphatic rings. The van der Waals surface area contributed by atoms with Crippen molar-refractivity contribution in [3.05, 3.63) is 21.9 Å². The number of halogens is 2. The van der Waals surface area contributed by atoms with Crippen LogP contribution in [0.1, 0.15) is 23.7 Å². The highest BCUT2D eigenvalue weighted by molar-refractivity contribution is 6.34. The number of aromatic nitrogens is 2. The third-order valence-electron chi connectivity index (χ3n) is 1.93. The van der Waals surface area contributed by atoms with E-state index in [4.69, 9.17) is 23.2 Å². The summed E-state index contributed by atoms with van der Waals surface area (Å²) in [5, 5.41) is 18.9. The maximum absolute atomic E-state index is 11.6. The van der Waals surface area contributed by atoms with Gasteiger partial charge in [-0.05, 0) is 12.5 Å². The minimum Gasteiger partial charge on any atom is -0.391 e. The second kappa shape index (κ2) is 5.98. The SMILES string of the molecule is CCC(O)CNC(=O)c1cc(Cl)nnc1Cl. The molecule has 0 spiro atoms. The van der Waals surface area contributed by atoms with Gasteiger partial charge in [0.05, 0.1) is 11.7 Å². The average molecular weight is 264 g/mol. The highest BCUT2D eigenvalue weighted by Crippen LogP contribution is 2.14. The van der Waals surface area contributed by atoms with Gasteiger partial charge in [-0.3, -0.25) is 4.79 Å². The predicted octanol–water partition coefficient (Wildman–Crippen LogP) is 1.28. The zero-order valence-electron chi connectivity index (χ0n) is 8.57. The first-order chi connectivity index (χ1) is 7.54. The van der Waals surface area contributed by atoms with Crippen molar-refractivity contribution in [1.82, 2.24) is 15.5 Å². The highest BCUT2D eigenvalue weighted by Gasteiger charge is 2.13. The number of hydrogen-bond donors (Lipinski definition) is 2. The van der Waals surface area contributed by atoms with Crippen molar-refractivity contribution < 1.29 is 9.90 Å². The molecule has 1 aromatic heterocycles. The number of nitrogens with zero attached hydrogens (tertiary/aromatic N) is 2. The molecule has 7 heteroatoms. The fourth-order valence-electron chi connectivity index (χ4n) is 0.962. The molecule has 1 atom stereocenters. The number of nitrogens with one attached hydrogen (secondary N) is 1. The molecule has 0 aromatic carbocycles. The van der Waals surface area contributed by atoms with E-state index < -0.39 is 12.0 Å². The van der Waals surface area contributed by atoms with Crippen LogP contribution in [0, 0.1) is 0 Å². The molecule has 0 aliphatic carbocycles. The van der Waals surface area contributed by atoms with E-state index >= 15 is 0 Å². The van der Waals surface area contributed by atoms with Crippen LogP contribution in [0.4, 0.5) is 0 Å². The Morgan fingerprint density at radius 2 is 2.25 bits per heavy atom. The van der Waals surface area contributed by atoms with Crippen molar-refractivity contribution >= 4 is 29.1 Å². The lowest BCUT2D eigenvalue weighted by Gasteiger charge is -2.09. The number of hydrogen-bond acceptors (Lipinski definition) is 4. The lowest BCUT2D eigenvalue weighted by Crippen LogP contribution is -2.32. The smallest absolute Gasteiger partial charge is 0.254 e. The van der Waals surface area contributed by atoms with Gasteiger partial charge in [0.1, 0.15) is 0 Å². The first-order valence-corrected chi connectivity index (χ1v) is 5.45. The maximum atomic E-state index is 11.6. The quantitative estimate of drug-likeness (QED) is 0.859. The Labute approximate surface area is 103 Å². The summed E-state index contributed by atoms with van der Waals surface area (Å²) in [6.45, 7) is 1.97. The molecule has 1 heterocycles. The van der Waals surface area contributed by atoms with E-state index in [1.165, 1.54) is 6.07 Å². The Kier molecular flexibility index (Phi) is 4.92. The summed E-state index contributed by atoms with van der Waals surface area (Å²) in [5.74, 6) is -0.436. The van der Waals surface area contributed by atoms with Crippen molar-refractivity contribution in [2.24, 2.45) is 0 Å². The molecule has 1 rings (SSSR count). The zero-order chi connectivity index (χ0) is 12.1. The first-order valence-electron chi connectivity index (χ1n) is 4.69. The number of amides is 1. The fourth-order valence-corrected chi connectivity index (χ4v) is 1.29. The molecule has 0 fully saturated rings. The Morgan fingerprint density at radius 1 is 1.56 bits per heavy atom. The summed E-state index contributed by atoms with van der Waals surface area (Å²) in [6, 6.07) is 1.32. The minimum absolute atomic E-state index is 0.0205. The van der Waals surface area contributed by atoms with Gasteiger partial charge in [0.25, 0.3) is 5.91 Å². The summed E-state index contributed by atoms with van der Waals surface area (Å²) in [5.41, 5.74) is 0.143. The largest absolute Gasteiger partial charge is 0.391 e. The number of aliphatic hydroxyl groups excluding tert-OH is 1. The molecule has 16 heavy (non-hydrogen) atoms. The average Bonchev–Trinajstić information content (AvgIpc) is 2.28. The van der Waals surface area contributed by atoms with Crippen LogP contribution in [0.3, 0.4) is 0 Å². The summed E-state index contributed by atoms with van der Waals surface area (Å²) in [4.78, 5) is 11.6. The molecule has 2 N–H and O–H groups in total. The number of rotatable bonds is 4. The number of carbonyl (C=O) groups is 1. The minimum atomic E-state index is -0.576. The van der Waals surface area contributed by atoms with Crippen LogP contribution in [-0.4, -0.2) is 33.9 Å². The van der Waals surface area contributed by atoms with E-state index in [0.717, 1.165) is 0 Å². The molecule has 0 radical (unpaired) electrons. The Bertz CT molecular complexity index is 387. The highest BCUT2D eigenvalue weighted by atomic mass is 35.5. The van der Waals surface area contributed by atoms with Crippen LogP contribution in [0.25, 0.3) is 0 Å². The van der Waals surface area contributed by atoms with Crippen LogP contribution in [0.2, 0.25) is 10.3 Å². The molecule has 1 aromatic rings. The van der Waals surface area contributed by atoms with E-state index in [0.29, 0.717) is 6.42 Å². The molecule has 0 aliphatic heterocycles. The van der Waals surface area contributed by atoms with Crippen molar-refractivity contribution in [2.45, 2.75) is 19.4 Å². The molecular formula is C9H11Cl2N3O2. The normalized spacial score (nSPS) is 12.2. The van der Waals surface area contributed by atoms with Gasteiger partial charge in [-0.15, -0.1) is 10.2 Å². The van der Waals surface area contributed by atoms with Gasteiger partial charge < -0.3 is 10.4 Å². The zero-order valence-corrected chi connectivity index (χ0v) is 10.1. The van der Waals surface area contributed by atoms with E-state index in [9.17, 15) is 9.90 Å². The first kappa shape index (κ1) is 13.2. The predicted molar refractivity (Wildman–Crippen MR) is 60.7 cm³/mol. The fraction of sp³-hybridized carbons (Fsp3) is 0.444. The summed E-state index contributed by atoms with van der Waals surface area (Å²) in [6.07, 6.45) is -0.0170. The number of aliphatic hydroxyl groups is 1. The lowest BCUT2D eigenvalue weighted by molar-refractivity contribution is 0.0913. The van der Waals surface area contributed by atoms with Crippen LogP contribution < -0.4 is 5.32 Å². The van der Waals surface area contributed by atoms with Crippen molar-refractivity contribution in [3.8, 4) is 0 Å². The summed E-state index contributed by atoms with van der Waals surface area (Å²) < 4.78 is 0. The van der Waals surface area contributed by atoms with Crippen molar-refractivity contribution in [1.29, 1.82) is 0 Å². The lowest BCUT2D eigenvalue weighted by atomic mass is 10.2. The van der Waals surface area contributed by atoms with Crippen molar-refractivity contribution in [2.75, 3.05) is 6.54 Å². The Morgan fingerprint density at radius 3 is 2.88 bits per heavy atom. The Balaban J connectivity index is 2.69. The molecule has 0 saturated heterocycles. The van der Waals surface area contributed by atoms with Gasteiger partial charge in [-0.25, -0.2) is 0 Å². The number of carbonyl (C=O) groups excluding carboxylic acids is 1. The molecule has 0 bridgehead atoms. The van der Waals surface area contributed by atoms with E-state index in [1.54, 1.807) is 0 Å². The van der Waals surface area contributed by atoms with E-state index in [1.807, 2.05) is 6.92 Å². The topological polar surface area (TPSA) is 75.1 Å². The molecular weight excluding hydrogens is 253 g/mol. The van der Waals surface area contributed by atoms with Gasteiger partial charge in [-0.1, -0.05) is 30.1 Å². The van der Waals surface area contributed by atoms with E-state index in [2.05, 4.69) is 15.5 Å². The van der Waals surface area contributed by atoms with Crippen LogP contribution in [0.5, 0.6) is 0 Å². The monoisotopic (exact) mass is 263 g/mol. The standard InChI is InChI=1S/C9H11Cl2N3O2/c1-2-5(15)4-12-9(16)6-3-7(10)13-14-8(6)11/h3,5,15H,2,4H2,1H3,(H,12,16). The molecule has 1 amide bonds. The molecule has 1 unspecified atom stereocenters. The van der Waals surface area contributed by atoms with Crippen molar-refractivity contribution in [3.63, 3.8) is 0 Å². The van der Waals surface area contributed by atoms with Crippen LogP contribution in [0.15, 0.2) is 6.07 Å².